The van der Waals surface area contributed by atoms with Gasteiger partial charge in [0, 0.05) is 36.5 Å². The van der Waals surface area contributed by atoms with Crippen molar-refractivity contribution in [2.45, 2.75) is 44.6 Å². The van der Waals surface area contributed by atoms with Gasteiger partial charge in [-0.05, 0) is 56.2 Å². The second kappa shape index (κ2) is 9.11. The highest BCUT2D eigenvalue weighted by Gasteiger charge is 2.43. The summed E-state index contributed by atoms with van der Waals surface area (Å²) >= 11 is 0. The van der Waals surface area contributed by atoms with Crippen molar-refractivity contribution in [3.8, 4) is 11.5 Å². The van der Waals surface area contributed by atoms with Crippen LogP contribution in [0.5, 0.6) is 11.5 Å². The number of amides is 2. The minimum absolute atomic E-state index is 0.0937. The maximum atomic E-state index is 13.0. The molecule has 3 aliphatic rings. The second-order valence-corrected chi connectivity index (χ2v) is 8.73. The molecule has 0 spiro atoms. The summed E-state index contributed by atoms with van der Waals surface area (Å²) in [6, 6.07) is 5.34. The van der Waals surface area contributed by atoms with Crippen LogP contribution in [0.15, 0.2) is 30.4 Å². The number of nitrogens with zero attached hydrogens (tertiary/aromatic N) is 1. The molecule has 1 aliphatic heterocycles. The summed E-state index contributed by atoms with van der Waals surface area (Å²) < 4.78 is 10.6. The molecule has 4 atom stereocenters. The zero-order valence-corrected chi connectivity index (χ0v) is 17.9. The molecule has 6 nitrogen and oxygen atoms in total. The molecule has 1 aromatic carbocycles. The summed E-state index contributed by atoms with van der Waals surface area (Å²) in [6.07, 6.45) is 10.3. The van der Waals surface area contributed by atoms with Crippen molar-refractivity contribution >= 4 is 11.8 Å². The van der Waals surface area contributed by atoms with Crippen molar-refractivity contribution in [1.29, 1.82) is 0 Å². The van der Waals surface area contributed by atoms with Gasteiger partial charge in [-0.3, -0.25) is 9.59 Å². The fraction of sp³-hybridized carbons (Fsp3) is 0.583. The lowest BCUT2D eigenvalue weighted by Gasteiger charge is -2.33. The van der Waals surface area contributed by atoms with E-state index in [1.807, 2.05) is 0 Å². The van der Waals surface area contributed by atoms with E-state index in [-0.39, 0.29) is 17.9 Å². The number of hydrogen-bond acceptors (Lipinski definition) is 4. The quantitative estimate of drug-likeness (QED) is 0.753. The third-order valence-electron chi connectivity index (χ3n) is 6.99. The number of methoxy groups -OCH3 is 2. The van der Waals surface area contributed by atoms with Crippen LogP contribution in [0, 0.1) is 17.8 Å². The van der Waals surface area contributed by atoms with Gasteiger partial charge in [0.2, 0.25) is 5.91 Å². The van der Waals surface area contributed by atoms with Crippen LogP contribution in [0.2, 0.25) is 0 Å². The summed E-state index contributed by atoms with van der Waals surface area (Å²) in [7, 11) is 3.15. The van der Waals surface area contributed by atoms with E-state index in [1.54, 1.807) is 32.4 Å². The Morgan fingerprint density at radius 1 is 1.03 bits per heavy atom. The van der Waals surface area contributed by atoms with Crippen LogP contribution >= 0.6 is 0 Å². The third-order valence-corrected chi connectivity index (χ3v) is 6.99. The van der Waals surface area contributed by atoms with Crippen LogP contribution in [0.1, 0.15) is 48.9 Å². The topological polar surface area (TPSA) is 67.9 Å². The number of nitrogens with one attached hydrogen (secondary N) is 1. The lowest BCUT2D eigenvalue weighted by molar-refractivity contribution is -0.134. The monoisotopic (exact) mass is 412 g/mol. The van der Waals surface area contributed by atoms with Crippen molar-refractivity contribution < 1.29 is 19.1 Å². The number of hydrogen-bond donors (Lipinski definition) is 1. The molecule has 2 amide bonds. The summed E-state index contributed by atoms with van der Waals surface area (Å²) in [4.78, 5) is 28.0. The zero-order valence-electron chi connectivity index (χ0n) is 17.9. The summed E-state index contributed by atoms with van der Waals surface area (Å²) in [6.45, 7) is 1.60. The van der Waals surface area contributed by atoms with Gasteiger partial charge in [0.25, 0.3) is 5.91 Å². The number of likely N-dealkylation sites (tertiary alicyclic amines) is 1. The van der Waals surface area contributed by atoms with Crippen LogP contribution in [0.25, 0.3) is 0 Å². The summed E-state index contributed by atoms with van der Waals surface area (Å²) in [5.74, 6) is 2.32. The van der Waals surface area contributed by atoms with E-state index >= 15 is 0 Å². The molecule has 1 heterocycles. The van der Waals surface area contributed by atoms with E-state index in [0.717, 1.165) is 51.6 Å². The smallest absolute Gasteiger partial charge is 0.251 e. The van der Waals surface area contributed by atoms with Crippen LogP contribution in [0.3, 0.4) is 0 Å². The van der Waals surface area contributed by atoms with Gasteiger partial charge in [-0.1, -0.05) is 18.6 Å². The molecule has 2 aliphatic carbocycles. The normalized spacial score (nSPS) is 28.0. The molecular formula is C24H32N2O4. The van der Waals surface area contributed by atoms with E-state index in [1.165, 1.54) is 0 Å². The fourth-order valence-corrected chi connectivity index (χ4v) is 5.34. The highest BCUT2D eigenvalue weighted by molar-refractivity contribution is 5.95. The van der Waals surface area contributed by atoms with E-state index in [9.17, 15) is 9.59 Å². The van der Waals surface area contributed by atoms with Crippen molar-refractivity contribution in [1.82, 2.24) is 10.2 Å². The molecule has 162 valence electrons. The highest BCUT2D eigenvalue weighted by Crippen LogP contribution is 2.38. The third kappa shape index (κ3) is 4.18. The van der Waals surface area contributed by atoms with Crippen molar-refractivity contribution in [2.24, 2.45) is 17.8 Å². The Bertz CT molecular complexity index is 821. The molecule has 1 saturated heterocycles. The van der Waals surface area contributed by atoms with Crippen LogP contribution in [0.4, 0.5) is 0 Å². The maximum Gasteiger partial charge on any atom is 0.251 e. The van der Waals surface area contributed by atoms with Crippen LogP contribution in [-0.2, 0) is 4.79 Å². The lowest BCUT2D eigenvalue weighted by Crippen LogP contribution is -2.45. The zero-order chi connectivity index (χ0) is 21.1. The first kappa shape index (κ1) is 20.8. The average Bonchev–Trinajstić information content (AvgIpc) is 3.24. The van der Waals surface area contributed by atoms with Gasteiger partial charge in [-0.25, -0.2) is 0 Å². The summed E-state index contributed by atoms with van der Waals surface area (Å²) in [5, 5.41) is 3.25. The molecule has 0 radical (unpaired) electrons. The number of benzene rings is 1. The Balaban J connectivity index is 1.42. The number of carbonyl (C=O) groups excluding carboxylic acids is 2. The molecule has 1 unspecified atom stereocenters. The summed E-state index contributed by atoms with van der Waals surface area (Å²) in [5.41, 5.74) is 0.565. The van der Waals surface area contributed by atoms with E-state index < -0.39 is 0 Å². The number of allylic oxidation sites excluding steroid dienone is 2. The lowest BCUT2D eigenvalue weighted by atomic mass is 9.78. The van der Waals surface area contributed by atoms with Crippen LogP contribution < -0.4 is 14.8 Å². The molecular weight excluding hydrogens is 380 g/mol. The highest BCUT2D eigenvalue weighted by atomic mass is 16.5. The van der Waals surface area contributed by atoms with Gasteiger partial charge in [-0.2, -0.15) is 0 Å². The molecule has 1 N–H and O–H groups in total. The predicted octanol–water partition coefficient (Wildman–Crippen LogP) is 3.42. The first-order valence-electron chi connectivity index (χ1n) is 11.1. The standard InChI is InChI=1S/C24H32N2O4/c1-29-21-12-11-17(13-22(21)30-2)23(27)25-20-10-6-9-18-14-26(15-19(18)20)24(28)16-7-4-3-5-8-16/h3-4,11-13,16,18-20H,5-10,14-15H2,1-2H3,(H,25,27)/t16-,18-,19+,20?/m1/s1. The molecule has 0 aromatic heterocycles. The maximum absolute atomic E-state index is 13.0. The molecule has 30 heavy (non-hydrogen) atoms. The first-order valence-corrected chi connectivity index (χ1v) is 11.1. The largest absolute Gasteiger partial charge is 0.493 e. The van der Waals surface area contributed by atoms with E-state index in [0.29, 0.717) is 34.8 Å². The molecule has 0 bridgehead atoms. The van der Waals surface area contributed by atoms with Gasteiger partial charge >= 0.3 is 0 Å². The van der Waals surface area contributed by atoms with Crippen molar-refractivity contribution in [3.05, 3.63) is 35.9 Å². The van der Waals surface area contributed by atoms with Gasteiger partial charge in [0.05, 0.1) is 14.2 Å². The predicted molar refractivity (Wildman–Crippen MR) is 115 cm³/mol. The molecule has 1 aromatic rings. The average molecular weight is 413 g/mol. The van der Waals surface area contributed by atoms with Gasteiger partial charge < -0.3 is 19.7 Å². The number of ether oxygens (including phenoxy) is 2. The number of rotatable bonds is 5. The Morgan fingerprint density at radius 2 is 1.87 bits per heavy atom. The van der Waals surface area contributed by atoms with E-state index in [4.69, 9.17) is 9.47 Å². The number of fused-ring (bicyclic) bond motifs is 1. The SMILES string of the molecule is COc1ccc(C(=O)NC2CCC[C@@H]3CN(C(=O)[C@@H]4CC=CCC4)C[C@H]23)cc1OC. The van der Waals surface area contributed by atoms with Gasteiger partial charge in [-0.15, -0.1) is 0 Å². The van der Waals surface area contributed by atoms with Crippen LogP contribution in [-0.4, -0.2) is 50.1 Å². The second-order valence-electron chi connectivity index (χ2n) is 8.73. The fourth-order valence-electron chi connectivity index (χ4n) is 5.34. The number of carbonyl (C=O) groups is 2. The van der Waals surface area contributed by atoms with Crippen molar-refractivity contribution in [2.75, 3.05) is 27.3 Å². The Kier molecular flexibility index (Phi) is 6.30. The van der Waals surface area contributed by atoms with Gasteiger partial charge in [0.15, 0.2) is 11.5 Å². The van der Waals surface area contributed by atoms with E-state index in [2.05, 4.69) is 22.4 Å². The van der Waals surface area contributed by atoms with Crippen molar-refractivity contribution in [3.63, 3.8) is 0 Å². The Hall–Kier alpha value is -2.50. The molecule has 1 saturated carbocycles. The minimum Gasteiger partial charge on any atom is -0.493 e. The Morgan fingerprint density at radius 3 is 2.60 bits per heavy atom. The molecule has 4 rings (SSSR count). The van der Waals surface area contributed by atoms with Gasteiger partial charge in [0.1, 0.15) is 0 Å². The first-order chi connectivity index (χ1) is 14.6. The molecule has 6 heteroatoms. The Labute approximate surface area is 178 Å². The minimum atomic E-state index is -0.0937. The molecule has 2 fully saturated rings.